The predicted octanol–water partition coefficient (Wildman–Crippen LogP) is 4.84. The molecule has 178 valence electrons. The molecule has 2 aromatic heterocycles. The molecule has 0 atom stereocenters. The highest BCUT2D eigenvalue weighted by atomic mass is 16.5. The molecule has 0 saturated heterocycles. The molecular formula is C28H27N3O4. The molecule has 7 heteroatoms. The molecule has 0 N–H and O–H groups in total. The predicted molar refractivity (Wildman–Crippen MR) is 132 cm³/mol. The van der Waals surface area contributed by atoms with Gasteiger partial charge in [-0.05, 0) is 60.9 Å². The molecule has 0 bridgehead atoms. The van der Waals surface area contributed by atoms with E-state index in [1.54, 1.807) is 29.0 Å². The van der Waals surface area contributed by atoms with Gasteiger partial charge in [0.1, 0.15) is 24.8 Å². The van der Waals surface area contributed by atoms with Crippen LogP contribution >= 0.6 is 0 Å². The van der Waals surface area contributed by atoms with Gasteiger partial charge in [0.15, 0.2) is 0 Å². The first-order valence-corrected chi connectivity index (χ1v) is 12.0. The van der Waals surface area contributed by atoms with Crippen molar-refractivity contribution in [3.8, 4) is 5.75 Å². The van der Waals surface area contributed by atoms with Gasteiger partial charge >= 0.3 is 5.97 Å². The van der Waals surface area contributed by atoms with Crippen molar-refractivity contribution in [3.63, 3.8) is 0 Å². The minimum atomic E-state index is -0.448. The third-order valence-corrected chi connectivity index (χ3v) is 6.21. The van der Waals surface area contributed by atoms with Crippen LogP contribution in [0.4, 0.5) is 0 Å². The zero-order valence-electron chi connectivity index (χ0n) is 19.5. The first-order valence-electron chi connectivity index (χ1n) is 12.0. The fourth-order valence-corrected chi connectivity index (χ4v) is 4.28. The molecule has 0 amide bonds. The fraction of sp³-hybridized carbons (Fsp3) is 0.286. The molecular weight excluding hydrogens is 442 g/mol. The van der Waals surface area contributed by atoms with Gasteiger partial charge in [-0.3, -0.25) is 14.3 Å². The molecule has 5 rings (SSSR count). The monoisotopic (exact) mass is 469 g/mol. The molecule has 0 radical (unpaired) electrons. The standard InChI is InChI=1S/C28H27N3O4/c32-27-24-14-11-21(17-25(24)30-26-8-3-1-2-6-16-31(26)27)28(33)35-18-20-9-12-23(13-10-20)34-19-22-7-4-5-15-29-22/h4-5,7,9-15,17H,1-3,6,8,16,18-19H2. The lowest BCUT2D eigenvalue weighted by Gasteiger charge is -2.16. The third kappa shape index (κ3) is 5.40. The summed E-state index contributed by atoms with van der Waals surface area (Å²) in [5, 5.41) is 0.534. The first-order chi connectivity index (χ1) is 17.2. The first kappa shape index (κ1) is 22.8. The summed E-state index contributed by atoms with van der Waals surface area (Å²) in [4.78, 5) is 34.6. The van der Waals surface area contributed by atoms with E-state index in [0.717, 1.165) is 49.2 Å². The number of carbonyl (C=O) groups excluding carboxylic acids is 1. The topological polar surface area (TPSA) is 83.3 Å². The minimum absolute atomic E-state index is 0.0304. The van der Waals surface area contributed by atoms with Gasteiger partial charge in [-0.1, -0.05) is 31.0 Å². The summed E-state index contributed by atoms with van der Waals surface area (Å²) >= 11 is 0. The number of fused-ring (bicyclic) bond motifs is 2. The molecule has 1 aliphatic rings. The van der Waals surface area contributed by atoms with Crippen molar-refractivity contribution in [2.75, 3.05) is 0 Å². The maximum absolute atomic E-state index is 13.0. The number of rotatable bonds is 6. The molecule has 0 saturated carbocycles. The Bertz CT molecular complexity index is 1380. The summed E-state index contributed by atoms with van der Waals surface area (Å²) in [6, 6.07) is 18.1. The summed E-state index contributed by atoms with van der Waals surface area (Å²) in [6.07, 6.45) is 6.81. The van der Waals surface area contributed by atoms with E-state index in [-0.39, 0.29) is 12.2 Å². The van der Waals surface area contributed by atoms with E-state index >= 15 is 0 Å². The van der Waals surface area contributed by atoms with Gasteiger partial charge in [-0.15, -0.1) is 0 Å². The Morgan fingerprint density at radius 3 is 2.63 bits per heavy atom. The smallest absolute Gasteiger partial charge is 0.338 e. The molecule has 0 aliphatic carbocycles. The average molecular weight is 470 g/mol. The zero-order chi connectivity index (χ0) is 24.0. The second-order valence-electron chi connectivity index (χ2n) is 8.71. The van der Waals surface area contributed by atoms with E-state index in [9.17, 15) is 9.59 Å². The van der Waals surface area contributed by atoms with Gasteiger partial charge in [-0.2, -0.15) is 0 Å². The van der Waals surface area contributed by atoms with Crippen LogP contribution in [0.1, 0.15) is 53.1 Å². The summed E-state index contributed by atoms with van der Waals surface area (Å²) in [6.45, 7) is 1.23. The number of aryl methyl sites for hydroxylation is 1. The second-order valence-corrected chi connectivity index (χ2v) is 8.71. The van der Waals surface area contributed by atoms with E-state index in [1.807, 2.05) is 42.5 Å². The highest BCUT2D eigenvalue weighted by Crippen LogP contribution is 2.18. The van der Waals surface area contributed by atoms with Crippen LogP contribution in [0.25, 0.3) is 10.9 Å². The van der Waals surface area contributed by atoms with Gasteiger partial charge in [0.2, 0.25) is 0 Å². The lowest BCUT2D eigenvalue weighted by Crippen LogP contribution is -2.26. The Morgan fingerprint density at radius 1 is 0.943 bits per heavy atom. The summed E-state index contributed by atoms with van der Waals surface area (Å²) < 4.78 is 13.0. The molecule has 1 aliphatic heterocycles. The number of hydrogen-bond acceptors (Lipinski definition) is 6. The Kier molecular flexibility index (Phi) is 6.84. The largest absolute Gasteiger partial charge is 0.487 e. The van der Waals surface area contributed by atoms with Crippen LogP contribution in [0.3, 0.4) is 0 Å². The van der Waals surface area contributed by atoms with E-state index in [0.29, 0.717) is 35.4 Å². The Hall–Kier alpha value is -4.00. The van der Waals surface area contributed by atoms with Crippen molar-refractivity contribution in [2.45, 2.75) is 51.9 Å². The quantitative estimate of drug-likeness (QED) is 0.376. The number of hydrogen-bond donors (Lipinski definition) is 0. The molecule has 7 nitrogen and oxygen atoms in total. The number of benzene rings is 2. The second kappa shape index (κ2) is 10.5. The van der Waals surface area contributed by atoms with Gasteiger partial charge in [0.05, 0.1) is 22.2 Å². The van der Waals surface area contributed by atoms with Crippen LogP contribution in [0.15, 0.2) is 71.7 Å². The van der Waals surface area contributed by atoms with E-state index in [2.05, 4.69) is 4.98 Å². The molecule has 35 heavy (non-hydrogen) atoms. The molecule has 2 aromatic carbocycles. The van der Waals surface area contributed by atoms with Crippen LogP contribution in [0.2, 0.25) is 0 Å². The van der Waals surface area contributed by atoms with Crippen LogP contribution in [0.5, 0.6) is 5.75 Å². The summed E-state index contributed by atoms with van der Waals surface area (Å²) in [7, 11) is 0. The lowest BCUT2D eigenvalue weighted by atomic mass is 10.1. The lowest BCUT2D eigenvalue weighted by molar-refractivity contribution is 0.0473. The van der Waals surface area contributed by atoms with Crippen LogP contribution in [-0.2, 0) is 30.9 Å². The maximum Gasteiger partial charge on any atom is 0.338 e. The van der Waals surface area contributed by atoms with Crippen molar-refractivity contribution in [1.82, 2.24) is 14.5 Å². The number of carbonyl (C=O) groups is 1. The third-order valence-electron chi connectivity index (χ3n) is 6.21. The molecule has 3 heterocycles. The van der Waals surface area contributed by atoms with Crippen LogP contribution in [-0.4, -0.2) is 20.5 Å². The normalized spacial score (nSPS) is 13.5. The number of ether oxygens (including phenoxy) is 2. The van der Waals surface area contributed by atoms with E-state index in [1.165, 1.54) is 0 Å². The van der Waals surface area contributed by atoms with Gasteiger partial charge in [-0.25, -0.2) is 9.78 Å². The van der Waals surface area contributed by atoms with Crippen LogP contribution < -0.4 is 10.3 Å². The molecule has 0 fully saturated rings. The highest BCUT2D eigenvalue weighted by molar-refractivity contribution is 5.94. The van der Waals surface area contributed by atoms with Crippen molar-refractivity contribution in [1.29, 1.82) is 0 Å². The number of pyridine rings is 1. The van der Waals surface area contributed by atoms with Crippen molar-refractivity contribution >= 4 is 16.9 Å². The summed E-state index contributed by atoms with van der Waals surface area (Å²) in [5.41, 5.74) is 2.60. The SMILES string of the molecule is O=C(OCc1ccc(OCc2ccccn2)cc1)c1ccc2c(=O)n3c(nc2c1)CCCCCC3. The van der Waals surface area contributed by atoms with Gasteiger partial charge in [0, 0.05) is 19.2 Å². The van der Waals surface area contributed by atoms with Crippen molar-refractivity contribution < 1.29 is 14.3 Å². The fourth-order valence-electron chi connectivity index (χ4n) is 4.28. The Balaban J connectivity index is 1.24. The summed E-state index contributed by atoms with van der Waals surface area (Å²) in [5.74, 6) is 1.07. The van der Waals surface area contributed by atoms with Crippen molar-refractivity contribution in [3.05, 3.63) is 99.9 Å². The molecule has 0 unspecified atom stereocenters. The van der Waals surface area contributed by atoms with Gasteiger partial charge < -0.3 is 9.47 Å². The Labute approximate surface area is 203 Å². The molecule has 4 aromatic rings. The Morgan fingerprint density at radius 2 is 1.80 bits per heavy atom. The van der Waals surface area contributed by atoms with Crippen molar-refractivity contribution in [2.24, 2.45) is 0 Å². The number of esters is 1. The number of nitrogens with zero attached hydrogens (tertiary/aromatic N) is 3. The van der Waals surface area contributed by atoms with Gasteiger partial charge in [0.25, 0.3) is 5.56 Å². The highest BCUT2D eigenvalue weighted by Gasteiger charge is 2.15. The maximum atomic E-state index is 13.0. The number of aromatic nitrogens is 3. The molecule has 0 spiro atoms. The minimum Gasteiger partial charge on any atom is -0.487 e. The van der Waals surface area contributed by atoms with E-state index in [4.69, 9.17) is 14.5 Å². The zero-order valence-corrected chi connectivity index (χ0v) is 19.5. The average Bonchev–Trinajstić information content (AvgIpc) is 2.88. The van der Waals surface area contributed by atoms with Crippen LogP contribution in [0, 0.1) is 0 Å². The van der Waals surface area contributed by atoms with E-state index < -0.39 is 5.97 Å².